The molecule has 0 spiro atoms. The topological polar surface area (TPSA) is 64.7 Å². The fourth-order valence-electron chi connectivity index (χ4n) is 2.94. The molecule has 29 heavy (non-hydrogen) atoms. The second kappa shape index (κ2) is 7.89. The number of nitrogens with one attached hydrogen (secondary N) is 1. The second-order valence-electron chi connectivity index (χ2n) is 6.48. The lowest BCUT2D eigenvalue weighted by molar-refractivity contribution is 0.0950. The number of hydrogen-bond acceptors (Lipinski definition) is 3. The largest absolute Gasteiger partial charge is 0.348 e. The van der Waals surface area contributed by atoms with Crippen LogP contribution in [0.1, 0.15) is 21.6 Å². The van der Waals surface area contributed by atoms with Crippen LogP contribution >= 0.6 is 11.6 Å². The number of aromatic nitrogens is 4. The Hall–Kier alpha value is -3.45. The number of carbonyl (C=O) groups is 1. The predicted octanol–water partition coefficient (Wildman–Crippen LogP) is 4.09. The Morgan fingerprint density at radius 1 is 1.03 bits per heavy atom. The Bertz CT molecular complexity index is 1150. The molecule has 4 rings (SSSR count). The molecule has 1 amide bonds. The summed E-state index contributed by atoms with van der Waals surface area (Å²) in [7, 11) is 0. The van der Waals surface area contributed by atoms with Gasteiger partial charge in [-0.25, -0.2) is 13.8 Å². The van der Waals surface area contributed by atoms with Crippen molar-refractivity contribution >= 4 is 17.5 Å². The predicted molar refractivity (Wildman–Crippen MR) is 108 cm³/mol. The van der Waals surface area contributed by atoms with Crippen molar-refractivity contribution < 1.29 is 9.18 Å². The Morgan fingerprint density at radius 2 is 1.72 bits per heavy atom. The highest BCUT2D eigenvalue weighted by Crippen LogP contribution is 2.16. The highest BCUT2D eigenvalue weighted by atomic mass is 35.5. The third-order valence-corrected chi connectivity index (χ3v) is 4.76. The minimum absolute atomic E-state index is 0.241. The van der Waals surface area contributed by atoms with E-state index in [1.807, 2.05) is 18.3 Å². The lowest BCUT2D eigenvalue weighted by atomic mass is 10.2. The van der Waals surface area contributed by atoms with Gasteiger partial charge in [-0.2, -0.15) is 10.2 Å². The summed E-state index contributed by atoms with van der Waals surface area (Å²) in [5.41, 5.74) is 3.55. The van der Waals surface area contributed by atoms with Crippen LogP contribution in [0.15, 0.2) is 67.1 Å². The van der Waals surface area contributed by atoms with E-state index >= 15 is 0 Å². The number of nitrogens with zero attached hydrogens (tertiary/aromatic N) is 4. The lowest BCUT2D eigenvalue weighted by Crippen LogP contribution is -2.23. The molecule has 0 aliphatic rings. The molecule has 8 heteroatoms. The van der Waals surface area contributed by atoms with Crippen molar-refractivity contribution in [1.29, 1.82) is 0 Å². The van der Waals surface area contributed by atoms with E-state index in [0.29, 0.717) is 28.5 Å². The standard InChI is InChI=1S/C21H17ClFN5O/c1-14-20(12-26-28(14)19-8-4-17(23)5-9-19)21(29)24-10-15-11-25-27(13-15)18-6-2-16(22)3-7-18/h2-9,11-13H,10H2,1H3,(H,24,29). The summed E-state index contributed by atoms with van der Waals surface area (Å²) in [6.07, 6.45) is 5.05. The van der Waals surface area contributed by atoms with Crippen molar-refractivity contribution in [2.45, 2.75) is 13.5 Å². The Morgan fingerprint density at radius 3 is 2.45 bits per heavy atom. The molecule has 0 atom stereocenters. The van der Waals surface area contributed by atoms with Gasteiger partial charge < -0.3 is 5.32 Å². The summed E-state index contributed by atoms with van der Waals surface area (Å²) in [6, 6.07) is 13.3. The lowest BCUT2D eigenvalue weighted by Gasteiger charge is -2.06. The van der Waals surface area contributed by atoms with Crippen molar-refractivity contribution in [2.75, 3.05) is 0 Å². The van der Waals surface area contributed by atoms with Crippen LogP contribution in [0.5, 0.6) is 0 Å². The van der Waals surface area contributed by atoms with Crippen molar-refractivity contribution in [1.82, 2.24) is 24.9 Å². The first-order valence-corrected chi connectivity index (χ1v) is 9.27. The molecule has 0 saturated heterocycles. The molecule has 2 aromatic heterocycles. The van der Waals surface area contributed by atoms with Gasteiger partial charge in [0.25, 0.3) is 5.91 Å². The van der Waals surface area contributed by atoms with Gasteiger partial charge in [0, 0.05) is 23.3 Å². The van der Waals surface area contributed by atoms with Crippen LogP contribution in [-0.4, -0.2) is 25.5 Å². The Kier molecular flexibility index (Phi) is 5.14. The van der Waals surface area contributed by atoms with Gasteiger partial charge in [-0.1, -0.05) is 11.6 Å². The number of benzene rings is 2. The minimum atomic E-state index is -0.323. The van der Waals surface area contributed by atoms with E-state index in [9.17, 15) is 9.18 Å². The monoisotopic (exact) mass is 409 g/mol. The van der Waals surface area contributed by atoms with Crippen molar-refractivity contribution in [3.63, 3.8) is 0 Å². The van der Waals surface area contributed by atoms with E-state index in [1.165, 1.54) is 18.3 Å². The summed E-state index contributed by atoms with van der Waals surface area (Å²) in [5, 5.41) is 12.1. The molecule has 1 N–H and O–H groups in total. The molecule has 2 heterocycles. The summed E-state index contributed by atoms with van der Waals surface area (Å²) in [5.74, 6) is -0.564. The molecule has 0 radical (unpaired) electrons. The molecular formula is C21H17ClFN5O. The summed E-state index contributed by atoms with van der Waals surface area (Å²) >= 11 is 5.91. The number of halogens is 2. The molecule has 6 nitrogen and oxygen atoms in total. The zero-order valence-electron chi connectivity index (χ0n) is 15.5. The van der Waals surface area contributed by atoms with Crippen LogP contribution in [0.4, 0.5) is 4.39 Å². The maximum absolute atomic E-state index is 13.1. The highest BCUT2D eigenvalue weighted by molar-refractivity contribution is 6.30. The van der Waals surface area contributed by atoms with Gasteiger partial charge in [0.05, 0.1) is 35.0 Å². The summed E-state index contributed by atoms with van der Waals surface area (Å²) in [4.78, 5) is 12.6. The summed E-state index contributed by atoms with van der Waals surface area (Å²) in [6.45, 7) is 2.12. The second-order valence-corrected chi connectivity index (χ2v) is 6.92. The molecular weight excluding hydrogens is 393 g/mol. The molecule has 0 saturated carbocycles. The van der Waals surface area contributed by atoms with E-state index in [4.69, 9.17) is 11.6 Å². The van der Waals surface area contributed by atoms with Gasteiger partial charge in [-0.3, -0.25) is 4.79 Å². The number of carbonyl (C=O) groups excluding carboxylic acids is 1. The zero-order valence-corrected chi connectivity index (χ0v) is 16.3. The van der Waals surface area contributed by atoms with Gasteiger partial charge in [0.15, 0.2) is 0 Å². The van der Waals surface area contributed by atoms with Gasteiger partial charge in [0.2, 0.25) is 0 Å². The molecule has 146 valence electrons. The molecule has 4 aromatic rings. The molecule has 0 unspecified atom stereocenters. The third-order valence-electron chi connectivity index (χ3n) is 4.51. The van der Waals surface area contributed by atoms with Gasteiger partial charge >= 0.3 is 0 Å². The number of amides is 1. The van der Waals surface area contributed by atoms with Gasteiger partial charge in [-0.15, -0.1) is 0 Å². The number of rotatable bonds is 5. The van der Waals surface area contributed by atoms with E-state index in [-0.39, 0.29) is 11.7 Å². The summed E-state index contributed by atoms with van der Waals surface area (Å²) < 4.78 is 16.4. The Balaban J connectivity index is 1.44. The molecule has 0 aliphatic carbocycles. The molecule has 2 aromatic carbocycles. The average molecular weight is 410 g/mol. The quantitative estimate of drug-likeness (QED) is 0.540. The van der Waals surface area contributed by atoms with Crippen LogP contribution in [0.2, 0.25) is 5.02 Å². The normalized spacial score (nSPS) is 10.9. The zero-order chi connectivity index (χ0) is 20.4. The van der Waals surface area contributed by atoms with Gasteiger partial charge in [0.1, 0.15) is 5.82 Å². The van der Waals surface area contributed by atoms with E-state index < -0.39 is 0 Å². The first-order valence-electron chi connectivity index (χ1n) is 8.89. The van der Waals surface area contributed by atoms with Crippen molar-refractivity contribution in [2.24, 2.45) is 0 Å². The maximum atomic E-state index is 13.1. The minimum Gasteiger partial charge on any atom is -0.348 e. The first-order chi connectivity index (χ1) is 14.0. The van der Waals surface area contributed by atoms with E-state index in [1.54, 1.807) is 46.7 Å². The highest BCUT2D eigenvalue weighted by Gasteiger charge is 2.15. The van der Waals surface area contributed by atoms with Crippen LogP contribution in [-0.2, 0) is 6.54 Å². The van der Waals surface area contributed by atoms with Crippen LogP contribution in [0.3, 0.4) is 0 Å². The smallest absolute Gasteiger partial charge is 0.255 e. The fourth-order valence-corrected chi connectivity index (χ4v) is 3.07. The Labute approximate surface area is 171 Å². The molecule has 0 bridgehead atoms. The van der Waals surface area contributed by atoms with Crippen LogP contribution in [0, 0.1) is 12.7 Å². The third kappa shape index (κ3) is 4.05. The van der Waals surface area contributed by atoms with Crippen molar-refractivity contribution in [3.05, 3.63) is 94.8 Å². The van der Waals surface area contributed by atoms with Gasteiger partial charge in [-0.05, 0) is 55.5 Å². The maximum Gasteiger partial charge on any atom is 0.255 e. The molecule has 0 fully saturated rings. The van der Waals surface area contributed by atoms with Crippen LogP contribution in [0.25, 0.3) is 11.4 Å². The first kappa shape index (κ1) is 18.9. The van der Waals surface area contributed by atoms with Crippen molar-refractivity contribution in [3.8, 4) is 11.4 Å². The van der Waals surface area contributed by atoms with Crippen LogP contribution < -0.4 is 5.32 Å². The fraction of sp³-hybridized carbons (Fsp3) is 0.0952. The molecule has 0 aliphatic heterocycles. The van der Waals surface area contributed by atoms with E-state index in [2.05, 4.69) is 15.5 Å². The van der Waals surface area contributed by atoms with E-state index in [0.717, 1.165) is 11.3 Å². The average Bonchev–Trinajstić information content (AvgIpc) is 3.34. The SMILES string of the molecule is Cc1c(C(=O)NCc2cnn(-c3ccc(Cl)cc3)c2)cnn1-c1ccc(F)cc1. The number of hydrogen-bond donors (Lipinski definition) is 1.